The minimum Gasteiger partial charge on any atom is -0.303 e. The van der Waals surface area contributed by atoms with Crippen molar-refractivity contribution in [3.8, 4) is 0 Å². The number of allylic oxidation sites excluding steroid dienone is 4. The molecule has 0 heterocycles. The van der Waals surface area contributed by atoms with E-state index in [0.29, 0.717) is 12.3 Å². The van der Waals surface area contributed by atoms with Crippen molar-refractivity contribution in [1.82, 2.24) is 0 Å². The standard InChI is InChI=1S/C12H22O.C7H10O.CHO/c1-2-3-4-5-6-7-8-9-10-11-12-13;8-6-7-4-2-1-3-5-7;1-2/h8-9,12H,2-7,10-11H2,1H3;1-2,6-7H,3-5H2;1H. The fourth-order valence-corrected chi connectivity index (χ4v) is 2.21. The molecule has 1 atom stereocenters. The highest BCUT2D eigenvalue weighted by molar-refractivity contribution is 5.54. The van der Waals surface area contributed by atoms with E-state index in [2.05, 4.69) is 38.0 Å². The largest absolute Gasteiger partial charge is 0.303 e. The highest BCUT2D eigenvalue weighted by atomic mass is 16.1. The van der Waals surface area contributed by atoms with Gasteiger partial charge in [-0.25, -0.2) is 0 Å². The van der Waals surface area contributed by atoms with E-state index in [9.17, 15) is 9.59 Å². The highest BCUT2D eigenvalue weighted by Gasteiger charge is 2.06. The van der Waals surface area contributed by atoms with E-state index in [1.54, 1.807) is 0 Å². The Bertz CT molecular complexity index is 308. The van der Waals surface area contributed by atoms with Crippen molar-refractivity contribution < 1.29 is 14.4 Å². The molecule has 0 N–H and O–H groups in total. The van der Waals surface area contributed by atoms with Crippen LogP contribution in [0.3, 0.4) is 0 Å². The van der Waals surface area contributed by atoms with Gasteiger partial charge in [0.05, 0.1) is 0 Å². The summed E-state index contributed by atoms with van der Waals surface area (Å²) in [6, 6.07) is 0. The van der Waals surface area contributed by atoms with Crippen molar-refractivity contribution in [3.05, 3.63) is 24.3 Å². The maximum Gasteiger partial charge on any atom is 0.182 e. The summed E-state index contributed by atoms with van der Waals surface area (Å²) in [6.45, 7) is 5.49. The topological polar surface area (TPSA) is 51.2 Å². The Morgan fingerprint density at radius 2 is 1.65 bits per heavy atom. The van der Waals surface area contributed by atoms with Gasteiger partial charge in [-0.3, -0.25) is 4.79 Å². The molecular weight excluding hydrogens is 288 g/mol. The first kappa shape index (κ1) is 23.8. The molecule has 1 radical (unpaired) electrons. The normalized spacial score (nSPS) is 16.0. The Morgan fingerprint density at radius 3 is 2.17 bits per heavy atom. The molecule has 23 heavy (non-hydrogen) atoms. The van der Waals surface area contributed by atoms with Crippen LogP contribution in [0.25, 0.3) is 0 Å². The van der Waals surface area contributed by atoms with Gasteiger partial charge >= 0.3 is 0 Å². The van der Waals surface area contributed by atoms with E-state index in [1.165, 1.54) is 38.5 Å². The minimum absolute atomic E-state index is 0.319. The van der Waals surface area contributed by atoms with Crippen LogP contribution in [0.4, 0.5) is 0 Å². The summed E-state index contributed by atoms with van der Waals surface area (Å²) in [6.07, 6.45) is 23.2. The Kier molecular flexibility index (Phi) is 23.5. The number of rotatable bonds is 10. The zero-order valence-corrected chi connectivity index (χ0v) is 14.6. The summed E-state index contributed by atoms with van der Waals surface area (Å²) in [5.41, 5.74) is 0. The SMILES string of the molecule is CCCCCCCC=CCCC=O.O=CC1CC=CCC1.[CH]=O. The Labute approximate surface area is 142 Å². The smallest absolute Gasteiger partial charge is 0.182 e. The van der Waals surface area contributed by atoms with Gasteiger partial charge in [-0.15, -0.1) is 0 Å². The summed E-state index contributed by atoms with van der Waals surface area (Å²) >= 11 is 0. The Balaban J connectivity index is 0. The quantitative estimate of drug-likeness (QED) is 0.317. The highest BCUT2D eigenvalue weighted by Crippen LogP contribution is 2.14. The van der Waals surface area contributed by atoms with E-state index in [4.69, 9.17) is 4.79 Å². The molecule has 0 aliphatic heterocycles. The average molecular weight is 321 g/mol. The van der Waals surface area contributed by atoms with Crippen LogP contribution in [0.5, 0.6) is 0 Å². The van der Waals surface area contributed by atoms with Gasteiger partial charge < -0.3 is 9.59 Å². The molecule has 0 aromatic rings. The molecule has 1 aliphatic carbocycles. The minimum atomic E-state index is 0.319. The van der Waals surface area contributed by atoms with Gasteiger partial charge in [-0.1, -0.05) is 56.9 Å². The predicted octanol–water partition coefficient (Wildman–Crippen LogP) is 5.15. The van der Waals surface area contributed by atoms with Gasteiger partial charge in [-0.05, 0) is 38.5 Å². The number of carbonyl (C=O) groups excluding carboxylic acids is 3. The van der Waals surface area contributed by atoms with Crippen LogP contribution >= 0.6 is 0 Å². The lowest BCUT2D eigenvalue weighted by Crippen LogP contribution is -2.02. The Hall–Kier alpha value is -1.51. The molecule has 0 saturated carbocycles. The third-order valence-electron chi connectivity index (χ3n) is 3.59. The van der Waals surface area contributed by atoms with E-state index in [0.717, 1.165) is 38.3 Å². The number of carbonyl (C=O) groups is 2. The molecule has 1 unspecified atom stereocenters. The lowest BCUT2D eigenvalue weighted by atomic mass is 9.96. The maximum absolute atomic E-state index is 10.1. The molecule has 0 saturated heterocycles. The molecule has 0 bridgehead atoms. The molecule has 0 spiro atoms. The summed E-state index contributed by atoms with van der Waals surface area (Å²) in [5, 5.41) is 0. The molecule has 3 heteroatoms. The molecule has 1 aliphatic rings. The van der Waals surface area contributed by atoms with Gasteiger partial charge in [0.2, 0.25) is 0 Å². The summed E-state index contributed by atoms with van der Waals surface area (Å²) in [7, 11) is 0. The maximum atomic E-state index is 10.1. The number of hydrogen-bond acceptors (Lipinski definition) is 3. The second-order valence-electron chi connectivity index (χ2n) is 5.60. The first-order chi connectivity index (χ1) is 11.3. The van der Waals surface area contributed by atoms with Crippen LogP contribution in [0, 0.1) is 5.92 Å². The van der Waals surface area contributed by atoms with E-state index >= 15 is 0 Å². The van der Waals surface area contributed by atoms with E-state index in [-0.39, 0.29) is 0 Å². The third kappa shape index (κ3) is 20.5. The van der Waals surface area contributed by atoms with Crippen LogP contribution in [0.2, 0.25) is 0 Å². The van der Waals surface area contributed by atoms with Crippen LogP contribution in [-0.2, 0) is 14.4 Å². The first-order valence-corrected chi connectivity index (χ1v) is 8.77. The second-order valence-corrected chi connectivity index (χ2v) is 5.60. The van der Waals surface area contributed by atoms with Gasteiger partial charge in [0, 0.05) is 12.3 Å². The second kappa shape index (κ2) is 22.8. The summed E-state index contributed by atoms with van der Waals surface area (Å²) in [5.74, 6) is 0.319. The van der Waals surface area contributed by atoms with Gasteiger partial charge in [-0.2, -0.15) is 0 Å². The van der Waals surface area contributed by atoms with Gasteiger partial charge in [0.25, 0.3) is 0 Å². The lowest BCUT2D eigenvalue weighted by molar-refractivity contribution is -0.111. The van der Waals surface area contributed by atoms with Crippen molar-refractivity contribution in [3.63, 3.8) is 0 Å². The van der Waals surface area contributed by atoms with Crippen molar-refractivity contribution in [2.24, 2.45) is 5.92 Å². The van der Waals surface area contributed by atoms with Gasteiger partial charge in [0.15, 0.2) is 6.79 Å². The number of unbranched alkanes of at least 4 members (excludes halogenated alkanes) is 6. The fourth-order valence-electron chi connectivity index (χ4n) is 2.21. The summed E-state index contributed by atoms with van der Waals surface area (Å²) < 4.78 is 0. The van der Waals surface area contributed by atoms with E-state index < -0.39 is 0 Å². The molecule has 131 valence electrons. The zero-order chi connectivity index (χ0) is 17.6. The lowest BCUT2D eigenvalue weighted by Gasteiger charge is -2.08. The van der Waals surface area contributed by atoms with Gasteiger partial charge in [0.1, 0.15) is 12.6 Å². The van der Waals surface area contributed by atoms with Crippen LogP contribution < -0.4 is 0 Å². The average Bonchev–Trinajstić information content (AvgIpc) is 2.63. The van der Waals surface area contributed by atoms with Crippen molar-refractivity contribution >= 4 is 19.4 Å². The molecule has 0 amide bonds. The number of aldehydes is 2. The van der Waals surface area contributed by atoms with Crippen LogP contribution in [0.15, 0.2) is 24.3 Å². The van der Waals surface area contributed by atoms with Crippen molar-refractivity contribution in [2.75, 3.05) is 0 Å². The molecule has 0 aromatic heterocycles. The molecule has 0 fully saturated rings. The van der Waals surface area contributed by atoms with Crippen LogP contribution in [0.1, 0.15) is 77.6 Å². The van der Waals surface area contributed by atoms with E-state index in [1.807, 2.05) is 0 Å². The van der Waals surface area contributed by atoms with Crippen molar-refractivity contribution in [2.45, 2.75) is 77.6 Å². The Morgan fingerprint density at radius 1 is 0.957 bits per heavy atom. The van der Waals surface area contributed by atoms with Crippen LogP contribution in [-0.4, -0.2) is 19.4 Å². The third-order valence-corrected chi connectivity index (χ3v) is 3.59. The predicted molar refractivity (Wildman–Crippen MR) is 97.1 cm³/mol. The molecule has 1 rings (SSSR count). The summed E-state index contributed by atoms with van der Waals surface area (Å²) in [4.78, 5) is 27.9. The number of hydrogen-bond donors (Lipinski definition) is 0. The first-order valence-electron chi connectivity index (χ1n) is 8.77. The zero-order valence-electron chi connectivity index (χ0n) is 14.6. The molecular formula is C20H33O3. The fraction of sp³-hybridized carbons (Fsp3) is 0.650. The molecule has 3 nitrogen and oxygen atoms in total. The molecule has 0 aromatic carbocycles. The van der Waals surface area contributed by atoms with Crippen molar-refractivity contribution in [1.29, 1.82) is 0 Å². The monoisotopic (exact) mass is 321 g/mol.